The fourth-order valence-electron chi connectivity index (χ4n) is 2.89. The number of sulfonamides is 1. The smallest absolute Gasteiger partial charge is 0.241 e. The van der Waals surface area contributed by atoms with Crippen LogP contribution < -0.4 is 10.5 Å². The van der Waals surface area contributed by atoms with Crippen LogP contribution in [0, 0.1) is 6.92 Å². The summed E-state index contributed by atoms with van der Waals surface area (Å²) in [6.07, 6.45) is 3.33. The Bertz CT molecular complexity index is 658. The molecule has 3 N–H and O–H groups in total. The van der Waals surface area contributed by atoms with E-state index >= 15 is 0 Å². The second kappa shape index (κ2) is 5.43. The molecule has 1 aromatic carbocycles. The maximum absolute atomic E-state index is 12.6. The lowest BCUT2D eigenvalue weighted by Gasteiger charge is -2.17. The van der Waals surface area contributed by atoms with Crippen LogP contribution >= 0.6 is 11.6 Å². The van der Waals surface area contributed by atoms with Crippen molar-refractivity contribution in [3.05, 3.63) is 22.7 Å². The highest BCUT2D eigenvalue weighted by molar-refractivity contribution is 7.89. The first-order chi connectivity index (χ1) is 9.87. The standard InChI is InChI=1S/C14H20ClN3O2S/c1-9-13(16)6-10(15)7-14(9)21(19,20)17-11-4-5-18(8-11)12-2-3-12/h6-7,11-12,17H,2-5,8,16H2,1H3. The number of nitrogens with two attached hydrogens (primary N) is 1. The second-order valence-electron chi connectivity index (χ2n) is 5.95. The highest BCUT2D eigenvalue weighted by Gasteiger charge is 2.36. The number of nitrogens with one attached hydrogen (secondary N) is 1. The van der Waals surface area contributed by atoms with Gasteiger partial charge in [-0.2, -0.15) is 0 Å². The molecule has 0 spiro atoms. The van der Waals surface area contributed by atoms with Crippen LogP contribution in [0.3, 0.4) is 0 Å². The minimum atomic E-state index is -3.59. The Kier molecular flexibility index (Phi) is 3.90. The number of halogens is 1. The average molecular weight is 330 g/mol. The summed E-state index contributed by atoms with van der Waals surface area (Å²) in [6.45, 7) is 3.46. The molecule has 21 heavy (non-hydrogen) atoms. The van der Waals surface area contributed by atoms with Crippen molar-refractivity contribution >= 4 is 27.3 Å². The molecule has 1 aliphatic heterocycles. The van der Waals surface area contributed by atoms with E-state index in [2.05, 4.69) is 9.62 Å². The molecule has 1 atom stereocenters. The maximum atomic E-state index is 12.6. The van der Waals surface area contributed by atoms with E-state index in [-0.39, 0.29) is 10.9 Å². The number of likely N-dealkylation sites (tertiary alicyclic amines) is 1. The van der Waals surface area contributed by atoms with Crippen LogP contribution in [0.1, 0.15) is 24.8 Å². The maximum Gasteiger partial charge on any atom is 0.241 e. The Morgan fingerprint density at radius 1 is 1.33 bits per heavy atom. The van der Waals surface area contributed by atoms with Crippen LogP contribution in [-0.4, -0.2) is 38.5 Å². The summed E-state index contributed by atoms with van der Waals surface area (Å²) in [5, 5.41) is 0.338. The highest BCUT2D eigenvalue weighted by Crippen LogP contribution is 2.31. The molecule has 0 aromatic heterocycles. The first-order valence-electron chi connectivity index (χ1n) is 7.19. The number of nitrogen functional groups attached to an aromatic ring is 1. The molecule has 2 fully saturated rings. The van der Waals surface area contributed by atoms with Crippen molar-refractivity contribution in [3.8, 4) is 0 Å². The fourth-order valence-corrected chi connectivity index (χ4v) is 4.74. The van der Waals surface area contributed by atoms with E-state index in [0.29, 0.717) is 22.3 Å². The number of hydrogen-bond acceptors (Lipinski definition) is 4. The molecule has 1 aliphatic carbocycles. The van der Waals surface area contributed by atoms with Crippen LogP contribution in [0.2, 0.25) is 5.02 Å². The first kappa shape index (κ1) is 15.1. The number of hydrogen-bond donors (Lipinski definition) is 2. The van der Waals surface area contributed by atoms with E-state index < -0.39 is 10.0 Å². The lowest BCUT2D eigenvalue weighted by atomic mass is 10.2. The van der Waals surface area contributed by atoms with Crippen molar-refractivity contribution in [2.24, 2.45) is 0 Å². The molecular formula is C14H20ClN3O2S. The van der Waals surface area contributed by atoms with E-state index in [0.717, 1.165) is 19.5 Å². The monoisotopic (exact) mass is 329 g/mol. The minimum Gasteiger partial charge on any atom is -0.398 e. The lowest BCUT2D eigenvalue weighted by molar-refractivity contribution is 0.322. The van der Waals surface area contributed by atoms with Crippen molar-refractivity contribution < 1.29 is 8.42 Å². The number of nitrogens with zero attached hydrogens (tertiary/aromatic N) is 1. The SMILES string of the molecule is Cc1c(N)cc(Cl)cc1S(=O)(=O)NC1CCN(C2CC2)C1. The van der Waals surface area contributed by atoms with Crippen molar-refractivity contribution in [1.29, 1.82) is 0 Å². The Hall–Kier alpha value is -0.820. The van der Waals surface area contributed by atoms with E-state index in [1.165, 1.54) is 18.9 Å². The van der Waals surface area contributed by atoms with Crippen LogP contribution in [0.4, 0.5) is 5.69 Å². The Labute approximate surface area is 130 Å². The summed E-state index contributed by atoms with van der Waals surface area (Å²) in [5.41, 5.74) is 6.75. The number of rotatable bonds is 4. The molecule has 5 nitrogen and oxygen atoms in total. The molecule has 0 amide bonds. The zero-order valence-corrected chi connectivity index (χ0v) is 13.5. The minimum absolute atomic E-state index is 0.0322. The lowest BCUT2D eigenvalue weighted by Crippen LogP contribution is -2.37. The molecule has 0 bridgehead atoms. The Morgan fingerprint density at radius 2 is 2.05 bits per heavy atom. The Balaban J connectivity index is 1.78. The highest BCUT2D eigenvalue weighted by atomic mass is 35.5. The van der Waals surface area contributed by atoms with E-state index in [1.54, 1.807) is 13.0 Å². The van der Waals surface area contributed by atoms with Gasteiger partial charge < -0.3 is 5.73 Å². The molecule has 1 saturated heterocycles. The number of anilines is 1. The Morgan fingerprint density at radius 3 is 2.71 bits per heavy atom. The molecule has 116 valence electrons. The molecular weight excluding hydrogens is 310 g/mol. The molecule has 0 radical (unpaired) electrons. The summed E-state index contributed by atoms with van der Waals surface area (Å²) in [7, 11) is -3.59. The van der Waals surface area contributed by atoms with Crippen LogP contribution in [-0.2, 0) is 10.0 Å². The largest absolute Gasteiger partial charge is 0.398 e. The molecule has 2 aliphatic rings. The summed E-state index contributed by atoms with van der Waals surface area (Å²) in [6, 6.07) is 3.67. The van der Waals surface area contributed by atoms with Gasteiger partial charge in [0.25, 0.3) is 0 Å². The molecule has 3 rings (SSSR count). The van der Waals surface area contributed by atoms with Gasteiger partial charge in [0.15, 0.2) is 0 Å². The predicted molar refractivity (Wildman–Crippen MR) is 83.9 cm³/mol. The van der Waals surface area contributed by atoms with Crippen molar-refractivity contribution in [2.75, 3.05) is 18.8 Å². The summed E-state index contributed by atoms with van der Waals surface area (Å²) in [5.74, 6) is 0. The van der Waals surface area contributed by atoms with E-state index in [4.69, 9.17) is 17.3 Å². The van der Waals surface area contributed by atoms with Gasteiger partial charge in [-0.05, 0) is 43.9 Å². The molecule has 1 heterocycles. The summed E-state index contributed by atoms with van der Waals surface area (Å²) >= 11 is 5.94. The van der Waals surface area contributed by atoms with Crippen LogP contribution in [0.15, 0.2) is 17.0 Å². The third kappa shape index (κ3) is 3.18. The van der Waals surface area contributed by atoms with E-state index in [1.807, 2.05) is 0 Å². The fraction of sp³-hybridized carbons (Fsp3) is 0.571. The topological polar surface area (TPSA) is 75.4 Å². The van der Waals surface area contributed by atoms with E-state index in [9.17, 15) is 8.42 Å². The van der Waals surface area contributed by atoms with Gasteiger partial charge in [0.05, 0.1) is 4.90 Å². The quantitative estimate of drug-likeness (QED) is 0.825. The van der Waals surface area contributed by atoms with Crippen molar-refractivity contribution in [2.45, 2.75) is 43.2 Å². The third-order valence-corrected chi connectivity index (χ3v) is 6.12. The van der Waals surface area contributed by atoms with Gasteiger partial charge in [-0.25, -0.2) is 13.1 Å². The molecule has 1 saturated carbocycles. The normalized spacial score (nSPS) is 23.6. The van der Waals surface area contributed by atoms with Gasteiger partial charge in [0.1, 0.15) is 0 Å². The average Bonchev–Trinajstić information content (AvgIpc) is 3.15. The van der Waals surface area contributed by atoms with Crippen molar-refractivity contribution in [1.82, 2.24) is 9.62 Å². The van der Waals surface area contributed by atoms with Gasteiger partial charge in [0, 0.05) is 35.9 Å². The molecule has 1 unspecified atom stereocenters. The van der Waals surface area contributed by atoms with Crippen LogP contribution in [0.25, 0.3) is 0 Å². The summed E-state index contributed by atoms with van der Waals surface area (Å²) < 4.78 is 27.9. The van der Waals surface area contributed by atoms with Gasteiger partial charge in [-0.1, -0.05) is 11.6 Å². The van der Waals surface area contributed by atoms with Gasteiger partial charge in [0.2, 0.25) is 10.0 Å². The van der Waals surface area contributed by atoms with Gasteiger partial charge in [-0.15, -0.1) is 0 Å². The third-order valence-electron chi connectivity index (χ3n) is 4.26. The van der Waals surface area contributed by atoms with Crippen molar-refractivity contribution in [3.63, 3.8) is 0 Å². The van der Waals surface area contributed by atoms with Crippen LogP contribution in [0.5, 0.6) is 0 Å². The predicted octanol–water partition coefficient (Wildman–Crippen LogP) is 1.75. The second-order valence-corrected chi connectivity index (χ2v) is 8.07. The number of benzene rings is 1. The van der Waals surface area contributed by atoms with Gasteiger partial charge >= 0.3 is 0 Å². The van der Waals surface area contributed by atoms with Gasteiger partial charge in [-0.3, -0.25) is 4.90 Å². The first-order valence-corrected chi connectivity index (χ1v) is 9.05. The zero-order valence-electron chi connectivity index (χ0n) is 12.0. The summed E-state index contributed by atoms with van der Waals surface area (Å²) in [4.78, 5) is 2.55. The molecule has 7 heteroatoms. The molecule has 1 aromatic rings. The zero-order chi connectivity index (χ0) is 15.2.